The molecule has 13 heteroatoms. The van der Waals surface area contributed by atoms with Crippen LogP contribution < -0.4 is 10.6 Å². The Balaban J connectivity index is 1.28. The molecule has 0 unspecified atom stereocenters. The Morgan fingerprint density at radius 3 is 2.47 bits per heavy atom. The molecule has 5 fully saturated rings. The summed E-state index contributed by atoms with van der Waals surface area (Å²) in [6, 6.07) is 8.03. The van der Waals surface area contributed by atoms with Gasteiger partial charge >= 0.3 is 0 Å². The van der Waals surface area contributed by atoms with Crippen LogP contribution in [0.25, 0.3) is 0 Å². The molecule has 5 saturated heterocycles. The molecular formula is C30H41N5O8. The van der Waals surface area contributed by atoms with Crippen molar-refractivity contribution in [2.24, 2.45) is 5.92 Å². The zero-order chi connectivity index (χ0) is 30.1. The van der Waals surface area contributed by atoms with E-state index in [1.165, 1.54) is 0 Å². The molecule has 5 heterocycles. The van der Waals surface area contributed by atoms with Crippen molar-refractivity contribution in [3.63, 3.8) is 0 Å². The van der Waals surface area contributed by atoms with Gasteiger partial charge in [0.2, 0.25) is 23.6 Å². The van der Waals surface area contributed by atoms with E-state index >= 15 is 0 Å². The third kappa shape index (κ3) is 6.41. The Kier molecular flexibility index (Phi) is 8.96. The van der Waals surface area contributed by atoms with Crippen molar-refractivity contribution in [3.8, 4) is 0 Å². The maximum atomic E-state index is 14.1. The number of likely N-dealkylation sites (tertiary alicyclic amines) is 1. The number of amides is 4. The highest BCUT2D eigenvalue weighted by atomic mass is 16.5. The van der Waals surface area contributed by atoms with Gasteiger partial charge in [-0.05, 0) is 24.8 Å². The van der Waals surface area contributed by atoms with Crippen LogP contribution in [0.1, 0.15) is 31.2 Å². The van der Waals surface area contributed by atoms with Crippen molar-refractivity contribution in [2.45, 2.75) is 74.8 Å². The summed E-state index contributed by atoms with van der Waals surface area (Å²) in [6.07, 6.45) is -3.09. The van der Waals surface area contributed by atoms with E-state index < -0.39 is 42.4 Å². The van der Waals surface area contributed by atoms with Crippen molar-refractivity contribution in [1.29, 1.82) is 0 Å². The third-order valence-corrected chi connectivity index (χ3v) is 9.46. The van der Waals surface area contributed by atoms with Crippen molar-refractivity contribution < 1.29 is 38.9 Å². The fourth-order valence-corrected chi connectivity index (χ4v) is 7.07. The van der Waals surface area contributed by atoms with Gasteiger partial charge in [0.1, 0.15) is 24.4 Å². The normalized spacial score (nSPS) is 34.7. The summed E-state index contributed by atoms with van der Waals surface area (Å²) in [4.78, 5) is 59.7. The number of benzene rings is 1. The van der Waals surface area contributed by atoms with Crippen molar-refractivity contribution in [2.75, 3.05) is 45.9 Å². The second kappa shape index (κ2) is 12.9. The van der Waals surface area contributed by atoms with Gasteiger partial charge < -0.3 is 40.1 Å². The van der Waals surface area contributed by atoms with E-state index in [-0.39, 0.29) is 55.7 Å². The summed E-state index contributed by atoms with van der Waals surface area (Å²) in [5.74, 6) is -1.30. The summed E-state index contributed by atoms with van der Waals surface area (Å²) in [6.45, 7) is 2.36. The van der Waals surface area contributed by atoms with Gasteiger partial charge in [-0.2, -0.15) is 0 Å². The van der Waals surface area contributed by atoms with E-state index in [0.29, 0.717) is 52.1 Å². The van der Waals surface area contributed by atoms with E-state index in [2.05, 4.69) is 15.5 Å². The fourth-order valence-electron chi connectivity index (χ4n) is 7.07. The van der Waals surface area contributed by atoms with Gasteiger partial charge in [-0.1, -0.05) is 30.3 Å². The Hall–Kier alpha value is -3.10. The summed E-state index contributed by atoms with van der Waals surface area (Å²) >= 11 is 0. The molecule has 6 rings (SSSR count). The molecular weight excluding hydrogens is 558 g/mol. The standard InChI is InChI=1S/C30H41N5O8/c36-25-13-23-26(37)27(38)24(43-23)14-31-28(39)22-17-33(8-9-35(22)29(40)19-6-10-42-11-7-19)30(41)21-12-20(32-25)16-34(21)15-18-4-2-1-3-5-18/h1-5,19-24,26-27,37-38H,6-17H2,(H,31,39)(H,32,36)/t20-,21-,22-,23-,24+,26-,27+/m0/s1. The number of hydrogen-bond acceptors (Lipinski definition) is 9. The molecule has 0 spiro atoms. The molecule has 1 aromatic carbocycles. The average molecular weight is 600 g/mol. The lowest BCUT2D eigenvalue weighted by Crippen LogP contribution is -2.64. The minimum atomic E-state index is -1.30. The highest BCUT2D eigenvalue weighted by molar-refractivity contribution is 5.91. The van der Waals surface area contributed by atoms with Crippen LogP contribution >= 0.6 is 0 Å². The van der Waals surface area contributed by atoms with E-state index in [1.54, 1.807) is 9.80 Å². The summed E-state index contributed by atoms with van der Waals surface area (Å²) in [7, 11) is 0. The molecule has 6 bridgehead atoms. The number of fused-ring (bicyclic) bond motifs is 6. The fraction of sp³-hybridized carbons (Fsp3) is 0.667. The number of aliphatic hydroxyl groups excluding tert-OH is 2. The van der Waals surface area contributed by atoms with Gasteiger partial charge in [-0.3, -0.25) is 24.1 Å². The number of rotatable bonds is 3. The first-order chi connectivity index (χ1) is 20.8. The molecule has 234 valence electrons. The van der Waals surface area contributed by atoms with Crippen LogP contribution in [0.4, 0.5) is 0 Å². The van der Waals surface area contributed by atoms with Gasteiger partial charge in [0, 0.05) is 57.9 Å². The predicted octanol–water partition coefficient (Wildman–Crippen LogP) is -1.78. The Morgan fingerprint density at radius 1 is 0.953 bits per heavy atom. The highest BCUT2D eigenvalue weighted by Gasteiger charge is 2.47. The second-order valence-electron chi connectivity index (χ2n) is 12.3. The van der Waals surface area contributed by atoms with E-state index in [4.69, 9.17) is 9.47 Å². The largest absolute Gasteiger partial charge is 0.388 e. The van der Waals surface area contributed by atoms with Crippen LogP contribution in [0.5, 0.6) is 0 Å². The molecule has 4 N–H and O–H groups in total. The predicted molar refractivity (Wildman–Crippen MR) is 151 cm³/mol. The minimum Gasteiger partial charge on any atom is -0.388 e. The smallest absolute Gasteiger partial charge is 0.244 e. The van der Waals surface area contributed by atoms with E-state index in [1.807, 2.05) is 30.3 Å². The summed E-state index contributed by atoms with van der Waals surface area (Å²) < 4.78 is 11.3. The molecule has 7 atom stereocenters. The van der Waals surface area contributed by atoms with Crippen LogP contribution in [0.2, 0.25) is 0 Å². The molecule has 4 amide bonds. The van der Waals surface area contributed by atoms with Crippen molar-refractivity contribution in [1.82, 2.24) is 25.3 Å². The maximum absolute atomic E-state index is 14.1. The molecule has 43 heavy (non-hydrogen) atoms. The van der Waals surface area contributed by atoms with Gasteiger partial charge in [-0.15, -0.1) is 0 Å². The zero-order valence-electron chi connectivity index (χ0n) is 24.2. The summed E-state index contributed by atoms with van der Waals surface area (Å²) in [5.41, 5.74) is 1.03. The molecule has 5 aliphatic rings. The van der Waals surface area contributed by atoms with Crippen LogP contribution in [-0.4, -0.2) is 137 Å². The molecule has 13 nitrogen and oxygen atoms in total. The van der Waals surface area contributed by atoms with Crippen LogP contribution in [-0.2, 0) is 35.2 Å². The zero-order valence-corrected chi connectivity index (χ0v) is 24.2. The Morgan fingerprint density at radius 2 is 1.70 bits per heavy atom. The van der Waals surface area contributed by atoms with Crippen molar-refractivity contribution >= 4 is 23.6 Å². The monoisotopic (exact) mass is 599 g/mol. The Bertz CT molecular complexity index is 1200. The third-order valence-electron chi connectivity index (χ3n) is 9.46. The number of nitrogens with one attached hydrogen (secondary N) is 2. The lowest BCUT2D eigenvalue weighted by molar-refractivity contribution is -0.154. The number of ether oxygens (including phenoxy) is 2. The quantitative estimate of drug-likeness (QED) is 0.315. The highest BCUT2D eigenvalue weighted by Crippen LogP contribution is 2.28. The molecule has 0 radical (unpaired) electrons. The maximum Gasteiger partial charge on any atom is 0.244 e. The number of hydrogen-bond donors (Lipinski definition) is 4. The van der Waals surface area contributed by atoms with Crippen LogP contribution in [0.3, 0.4) is 0 Å². The SMILES string of the molecule is O=C1C[C@@H]2O[C@H](CNC(=O)[C@@H]3CN(CCN3C(=O)C3CCOCC3)C(=O)[C@@H]3C[C@@H](CN3Cc3ccccc3)N1)[C@@H](O)[C@H]2O. The number of piperazine rings is 1. The lowest BCUT2D eigenvalue weighted by atomic mass is 9.96. The van der Waals surface area contributed by atoms with Gasteiger partial charge in [0.05, 0.1) is 25.1 Å². The Labute approximate surface area is 250 Å². The van der Waals surface area contributed by atoms with E-state index in [9.17, 15) is 29.4 Å². The number of aliphatic hydroxyl groups is 2. The van der Waals surface area contributed by atoms with Crippen LogP contribution in [0, 0.1) is 5.92 Å². The topological polar surface area (TPSA) is 161 Å². The van der Waals surface area contributed by atoms with E-state index in [0.717, 1.165) is 5.56 Å². The first-order valence-corrected chi connectivity index (χ1v) is 15.3. The summed E-state index contributed by atoms with van der Waals surface area (Å²) in [5, 5.41) is 27.0. The number of carbonyl (C=O) groups excluding carboxylic acids is 4. The number of carbonyl (C=O) groups is 4. The average Bonchev–Trinajstić information content (AvgIpc) is 3.54. The first-order valence-electron chi connectivity index (χ1n) is 15.3. The second-order valence-corrected chi connectivity index (χ2v) is 12.3. The molecule has 0 aliphatic carbocycles. The molecule has 0 saturated carbocycles. The van der Waals surface area contributed by atoms with Crippen molar-refractivity contribution in [3.05, 3.63) is 35.9 Å². The molecule has 5 aliphatic heterocycles. The number of nitrogens with zero attached hydrogens (tertiary/aromatic N) is 3. The molecule has 0 aromatic heterocycles. The molecule has 1 aromatic rings. The lowest BCUT2D eigenvalue weighted by Gasteiger charge is -2.43. The first kappa shape index (κ1) is 29.9. The van der Waals surface area contributed by atoms with Gasteiger partial charge in [0.25, 0.3) is 0 Å². The van der Waals surface area contributed by atoms with Gasteiger partial charge in [-0.25, -0.2) is 0 Å². The minimum absolute atomic E-state index is 0.0334. The van der Waals surface area contributed by atoms with Gasteiger partial charge in [0.15, 0.2) is 0 Å². The van der Waals surface area contributed by atoms with Crippen LogP contribution in [0.15, 0.2) is 30.3 Å².